The van der Waals surface area contributed by atoms with Crippen molar-refractivity contribution in [3.05, 3.63) is 29.8 Å². The molecule has 0 saturated heterocycles. The summed E-state index contributed by atoms with van der Waals surface area (Å²) in [5.41, 5.74) is 2.95. The number of anilines is 1. The van der Waals surface area contributed by atoms with Gasteiger partial charge < -0.3 is 4.90 Å². The summed E-state index contributed by atoms with van der Waals surface area (Å²) in [7, 11) is 0. The summed E-state index contributed by atoms with van der Waals surface area (Å²) in [6.45, 7) is 9.36. The Labute approximate surface area is 196 Å². The fourth-order valence-corrected chi connectivity index (χ4v) is 4.50. The van der Waals surface area contributed by atoms with Crippen LogP contribution in [0.5, 0.6) is 0 Å². The molecule has 0 fully saturated rings. The number of rotatable bonds is 22. The summed E-state index contributed by atoms with van der Waals surface area (Å²) in [5, 5.41) is 0. The van der Waals surface area contributed by atoms with Crippen molar-refractivity contribution in [2.75, 3.05) is 18.0 Å². The lowest BCUT2D eigenvalue weighted by Gasteiger charge is -2.25. The van der Waals surface area contributed by atoms with E-state index in [1.54, 1.807) is 0 Å². The molecule has 0 amide bonds. The maximum atomic E-state index is 2.68. The van der Waals surface area contributed by atoms with Gasteiger partial charge in [0.05, 0.1) is 0 Å². The summed E-state index contributed by atoms with van der Waals surface area (Å²) in [4.78, 5) is 2.68. The lowest BCUT2D eigenvalue weighted by molar-refractivity contribution is 0.555. The van der Waals surface area contributed by atoms with Crippen LogP contribution in [-0.4, -0.2) is 13.1 Å². The summed E-state index contributed by atoms with van der Waals surface area (Å²) in [5.74, 6) is 0. The molecule has 0 aliphatic carbocycles. The number of hydrogen-bond acceptors (Lipinski definition) is 1. The lowest BCUT2D eigenvalue weighted by Crippen LogP contribution is -2.25. The number of benzene rings is 1. The van der Waals surface area contributed by atoms with Crippen LogP contribution in [0.2, 0.25) is 0 Å². The van der Waals surface area contributed by atoms with E-state index in [9.17, 15) is 0 Å². The van der Waals surface area contributed by atoms with Crippen molar-refractivity contribution >= 4 is 5.69 Å². The van der Waals surface area contributed by atoms with Crippen LogP contribution in [0.4, 0.5) is 5.69 Å². The van der Waals surface area contributed by atoms with Crippen LogP contribution in [-0.2, 0) is 6.42 Å². The standard InChI is InChI=1S/C30H55N/c1-4-7-10-12-14-16-18-20-27-31(28-21-19-17-15-13-11-8-5-2)30-25-23-29(24-26-30)22-9-6-3/h23-26H,4-22,27-28H2,1-3H3. The maximum absolute atomic E-state index is 2.68. The van der Waals surface area contributed by atoms with Crippen LogP contribution in [0.1, 0.15) is 142 Å². The van der Waals surface area contributed by atoms with Crippen molar-refractivity contribution in [1.29, 1.82) is 0 Å². The Bertz CT molecular complexity index is 458. The van der Waals surface area contributed by atoms with E-state index in [0.717, 1.165) is 0 Å². The van der Waals surface area contributed by atoms with Gasteiger partial charge in [0.1, 0.15) is 0 Å². The van der Waals surface area contributed by atoms with E-state index in [0.29, 0.717) is 0 Å². The fraction of sp³-hybridized carbons (Fsp3) is 0.800. The molecule has 0 unspecified atom stereocenters. The molecular formula is C30H55N. The third kappa shape index (κ3) is 15.5. The minimum Gasteiger partial charge on any atom is -0.372 e. The van der Waals surface area contributed by atoms with E-state index in [2.05, 4.69) is 49.9 Å². The van der Waals surface area contributed by atoms with Gasteiger partial charge in [-0.15, -0.1) is 0 Å². The number of unbranched alkanes of at least 4 members (excludes halogenated alkanes) is 15. The Kier molecular flexibility index (Phi) is 18.9. The van der Waals surface area contributed by atoms with Gasteiger partial charge in [-0.05, 0) is 43.4 Å². The zero-order valence-corrected chi connectivity index (χ0v) is 21.6. The number of aryl methyl sites for hydroxylation is 1. The Morgan fingerprint density at radius 2 is 0.839 bits per heavy atom. The first kappa shape index (κ1) is 28.1. The van der Waals surface area contributed by atoms with E-state index in [1.165, 1.54) is 146 Å². The van der Waals surface area contributed by atoms with E-state index in [-0.39, 0.29) is 0 Å². The minimum atomic E-state index is 1.23. The zero-order valence-electron chi connectivity index (χ0n) is 21.6. The van der Waals surface area contributed by atoms with E-state index in [1.807, 2.05) is 0 Å². The molecule has 0 bridgehead atoms. The van der Waals surface area contributed by atoms with Crippen molar-refractivity contribution < 1.29 is 0 Å². The highest BCUT2D eigenvalue weighted by atomic mass is 15.1. The third-order valence-electron chi connectivity index (χ3n) is 6.68. The number of nitrogens with zero attached hydrogens (tertiary/aromatic N) is 1. The Balaban J connectivity index is 2.37. The van der Waals surface area contributed by atoms with Crippen molar-refractivity contribution in [1.82, 2.24) is 0 Å². The highest BCUT2D eigenvalue weighted by Gasteiger charge is 2.07. The number of hydrogen-bond donors (Lipinski definition) is 0. The van der Waals surface area contributed by atoms with Crippen LogP contribution in [0.15, 0.2) is 24.3 Å². The van der Waals surface area contributed by atoms with E-state index in [4.69, 9.17) is 0 Å². The average molecular weight is 430 g/mol. The molecule has 0 heterocycles. The quantitative estimate of drug-likeness (QED) is 0.166. The summed E-state index contributed by atoms with van der Waals surface area (Å²) < 4.78 is 0. The van der Waals surface area contributed by atoms with Crippen LogP contribution >= 0.6 is 0 Å². The van der Waals surface area contributed by atoms with Crippen molar-refractivity contribution in [3.8, 4) is 0 Å². The van der Waals surface area contributed by atoms with E-state index >= 15 is 0 Å². The van der Waals surface area contributed by atoms with Crippen LogP contribution in [0.25, 0.3) is 0 Å². The fourth-order valence-electron chi connectivity index (χ4n) is 4.50. The molecule has 0 aromatic heterocycles. The van der Waals surface area contributed by atoms with Gasteiger partial charge >= 0.3 is 0 Å². The van der Waals surface area contributed by atoms with Crippen LogP contribution < -0.4 is 4.90 Å². The largest absolute Gasteiger partial charge is 0.372 e. The second kappa shape index (κ2) is 20.9. The van der Waals surface area contributed by atoms with Gasteiger partial charge in [0, 0.05) is 18.8 Å². The van der Waals surface area contributed by atoms with Crippen molar-refractivity contribution in [2.24, 2.45) is 0 Å². The molecular weight excluding hydrogens is 374 g/mol. The molecule has 1 rings (SSSR count). The highest BCUT2D eigenvalue weighted by molar-refractivity contribution is 5.47. The van der Waals surface area contributed by atoms with Gasteiger partial charge in [0.15, 0.2) is 0 Å². The van der Waals surface area contributed by atoms with Gasteiger partial charge in [-0.1, -0.05) is 129 Å². The highest BCUT2D eigenvalue weighted by Crippen LogP contribution is 2.19. The molecule has 0 aliphatic rings. The summed E-state index contributed by atoms with van der Waals surface area (Å²) in [6, 6.07) is 9.53. The Morgan fingerprint density at radius 3 is 1.26 bits per heavy atom. The van der Waals surface area contributed by atoms with Gasteiger partial charge in [0.25, 0.3) is 0 Å². The average Bonchev–Trinajstić information content (AvgIpc) is 2.80. The normalized spacial score (nSPS) is 11.2. The smallest absolute Gasteiger partial charge is 0.0366 e. The van der Waals surface area contributed by atoms with Gasteiger partial charge in [-0.2, -0.15) is 0 Å². The lowest BCUT2D eigenvalue weighted by atomic mass is 10.1. The van der Waals surface area contributed by atoms with Crippen molar-refractivity contribution in [3.63, 3.8) is 0 Å². The van der Waals surface area contributed by atoms with Crippen LogP contribution in [0.3, 0.4) is 0 Å². The second-order valence-electron chi connectivity index (χ2n) is 9.71. The molecule has 31 heavy (non-hydrogen) atoms. The minimum absolute atomic E-state index is 1.23. The molecule has 180 valence electrons. The van der Waals surface area contributed by atoms with Crippen LogP contribution in [0, 0.1) is 0 Å². The maximum Gasteiger partial charge on any atom is 0.0366 e. The molecule has 1 aromatic rings. The molecule has 1 aromatic carbocycles. The molecule has 1 nitrogen and oxygen atoms in total. The molecule has 0 N–H and O–H groups in total. The zero-order chi connectivity index (χ0) is 22.4. The topological polar surface area (TPSA) is 3.24 Å². The van der Waals surface area contributed by atoms with Gasteiger partial charge in [0.2, 0.25) is 0 Å². The van der Waals surface area contributed by atoms with E-state index < -0.39 is 0 Å². The second-order valence-corrected chi connectivity index (χ2v) is 9.71. The predicted octanol–water partition coefficient (Wildman–Crippen LogP) is 10.1. The first-order valence-corrected chi connectivity index (χ1v) is 14.2. The molecule has 0 spiro atoms. The van der Waals surface area contributed by atoms with Crippen molar-refractivity contribution in [2.45, 2.75) is 143 Å². The molecule has 0 aliphatic heterocycles. The van der Waals surface area contributed by atoms with Gasteiger partial charge in [-0.3, -0.25) is 0 Å². The Hall–Kier alpha value is -0.980. The summed E-state index contributed by atoms with van der Waals surface area (Å²) >= 11 is 0. The first-order valence-electron chi connectivity index (χ1n) is 14.2. The monoisotopic (exact) mass is 429 g/mol. The molecule has 0 saturated carbocycles. The Morgan fingerprint density at radius 1 is 0.452 bits per heavy atom. The van der Waals surface area contributed by atoms with Gasteiger partial charge in [-0.25, -0.2) is 0 Å². The first-order chi connectivity index (χ1) is 15.3. The predicted molar refractivity (Wildman–Crippen MR) is 142 cm³/mol. The summed E-state index contributed by atoms with van der Waals surface area (Å²) in [6.07, 6.45) is 26.3. The molecule has 0 atom stereocenters. The third-order valence-corrected chi connectivity index (χ3v) is 6.68. The molecule has 1 heteroatoms. The SMILES string of the molecule is CCCCCCCCCCN(CCCCCCCCCC)c1ccc(CCCC)cc1. The molecule has 0 radical (unpaired) electrons.